The van der Waals surface area contributed by atoms with Crippen molar-refractivity contribution in [3.8, 4) is 11.3 Å². The van der Waals surface area contributed by atoms with Gasteiger partial charge in [-0.05, 0) is 29.3 Å². The van der Waals surface area contributed by atoms with Crippen molar-refractivity contribution < 1.29 is 4.79 Å². The zero-order chi connectivity index (χ0) is 22.9. The van der Waals surface area contributed by atoms with Crippen molar-refractivity contribution in [1.29, 1.82) is 0 Å². The summed E-state index contributed by atoms with van der Waals surface area (Å²) in [4.78, 5) is 22.3. The summed E-state index contributed by atoms with van der Waals surface area (Å²) in [5.74, 6) is -0.184. The third-order valence-corrected chi connectivity index (χ3v) is 7.33. The number of anilines is 1. The van der Waals surface area contributed by atoms with Gasteiger partial charge in [-0.2, -0.15) is 10.1 Å². The average molecular weight is 466 g/mol. The Bertz CT molecular complexity index is 1410. The lowest BCUT2D eigenvalue weighted by atomic mass is 10.1. The summed E-state index contributed by atoms with van der Waals surface area (Å²) in [6.07, 6.45) is 3.64. The molecule has 6 rings (SSSR count). The Hall–Kier alpha value is -3.84. The number of aromatic nitrogens is 2. The molecule has 0 saturated carbocycles. The minimum Gasteiger partial charge on any atom is -0.367 e. The van der Waals surface area contributed by atoms with E-state index >= 15 is 0 Å². The Morgan fingerprint density at radius 3 is 2.44 bits per heavy atom. The molecule has 168 valence electrons. The number of amidine groups is 1. The van der Waals surface area contributed by atoms with Gasteiger partial charge in [0.15, 0.2) is 5.17 Å². The first kappa shape index (κ1) is 20.7. The zero-order valence-corrected chi connectivity index (χ0v) is 19.3. The van der Waals surface area contributed by atoms with Crippen LogP contribution in [0.25, 0.3) is 28.1 Å². The maximum absolute atomic E-state index is 12.7. The molecule has 0 aliphatic carbocycles. The minimum atomic E-state index is -0.184. The van der Waals surface area contributed by atoms with Crippen LogP contribution in [0.2, 0.25) is 0 Å². The van der Waals surface area contributed by atoms with E-state index < -0.39 is 0 Å². The van der Waals surface area contributed by atoms with Crippen LogP contribution in [0.1, 0.15) is 5.56 Å². The van der Waals surface area contributed by atoms with Gasteiger partial charge >= 0.3 is 0 Å². The Morgan fingerprint density at radius 1 is 0.853 bits per heavy atom. The normalized spacial score (nSPS) is 17.6. The fourth-order valence-electron chi connectivity index (χ4n) is 4.54. The van der Waals surface area contributed by atoms with Gasteiger partial charge in [0.1, 0.15) is 0 Å². The molecule has 1 fully saturated rings. The third kappa shape index (κ3) is 3.88. The van der Waals surface area contributed by atoms with E-state index in [9.17, 15) is 4.79 Å². The number of aliphatic imine (C=N–C) groups is 1. The van der Waals surface area contributed by atoms with Gasteiger partial charge in [0, 0.05) is 48.4 Å². The molecule has 0 radical (unpaired) electrons. The van der Waals surface area contributed by atoms with Crippen LogP contribution in [0.5, 0.6) is 0 Å². The van der Waals surface area contributed by atoms with E-state index in [1.165, 1.54) is 28.2 Å². The Labute approximate surface area is 202 Å². The van der Waals surface area contributed by atoms with Crippen LogP contribution >= 0.6 is 11.8 Å². The highest BCUT2D eigenvalue weighted by atomic mass is 32.2. The molecule has 0 spiro atoms. The number of rotatable bonds is 3. The first-order valence-corrected chi connectivity index (χ1v) is 12.2. The van der Waals surface area contributed by atoms with Gasteiger partial charge < -0.3 is 9.80 Å². The van der Waals surface area contributed by atoms with Crippen LogP contribution < -0.4 is 4.90 Å². The molecule has 3 aromatic carbocycles. The Kier molecular flexibility index (Phi) is 5.39. The number of nitrogens with zero attached hydrogens (tertiary/aromatic N) is 4. The number of thioether (sulfide) groups is 1. The predicted molar refractivity (Wildman–Crippen MR) is 140 cm³/mol. The summed E-state index contributed by atoms with van der Waals surface area (Å²) in [6, 6.07) is 25.0. The maximum atomic E-state index is 12.7. The van der Waals surface area contributed by atoms with Gasteiger partial charge in [-0.15, -0.1) is 0 Å². The average Bonchev–Trinajstić information content (AvgIpc) is 3.51. The second-order valence-electron chi connectivity index (χ2n) is 8.35. The topological polar surface area (TPSA) is 64.6 Å². The van der Waals surface area contributed by atoms with Gasteiger partial charge in [0.25, 0.3) is 5.91 Å². The largest absolute Gasteiger partial charge is 0.367 e. The van der Waals surface area contributed by atoms with E-state index in [0.717, 1.165) is 48.2 Å². The number of carbonyl (C=O) groups is 1. The van der Waals surface area contributed by atoms with Crippen molar-refractivity contribution in [2.24, 2.45) is 4.99 Å². The first-order chi connectivity index (χ1) is 16.8. The number of hydrogen-bond donors (Lipinski definition) is 1. The molecule has 2 aliphatic rings. The van der Waals surface area contributed by atoms with E-state index in [1.807, 2.05) is 36.4 Å². The number of H-pyrrole nitrogens is 1. The maximum Gasteiger partial charge on any atom is 0.286 e. The number of benzene rings is 3. The summed E-state index contributed by atoms with van der Waals surface area (Å²) >= 11 is 1.45. The fourth-order valence-corrected chi connectivity index (χ4v) is 5.49. The highest BCUT2D eigenvalue weighted by Crippen LogP contribution is 2.33. The molecule has 3 heterocycles. The molecule has 1 saturated heterocycles. The molecule has 2 aliphatic heterocycles. The summed E-state index contributed by atoms with van der Waals surface area (Å²) in [7, 11) is 0. The molecule has 0 unspecified atom stereocenters. The lowest BCUT2D eigenvalue weighted by Crippen LogP contribution is -2.47. The number of fused-ring (bicyclic) bond motifs is 1. The van der Waals surface area contributed by atoms with Crippen molar-refractivity contribution in [1.82, 2.24) is 15.1 Å². The fraction of sp³-hybridized carbons (Fsp3) is 0.148. The summed E-state index contributed by atoms with van der Waals surface area (Å²) in [6.45, 7) is 3.44. The monoisotopic (exact) mass is 465 g/mol. The number of hydrogen-bond acceptors (Lipinski definition) is 5. The quantitative estimate of drug-likeness (QED) is 0.430. The summed E-state index contributed by atoms with van der Waals surface area (Å²) in [5.41, 5.74) is 4.09. The molecule has 0 bridgehead atoms. The van der Waals surface area contributed by atoms with Crippen LogP contribution in [0.3, 0.4) is 0 Å². The summed E-state index contributed by atoms with van der Waals surface area (Å²) in [5, 5.41) is 10.6. The van der Waals surface area contributed by atoms with Crippen LogP contribution in [-0.2, 0) is 4.79 Å². The third-order valence-electron chi connectivity index (χ3n) is 6.28. The molecule has 1 aromatic heterocycles. The van der Waals surface area contributed by atoms with Crippen LogP contribution in [-0.4, -0.2) is 52.4 Å². The van der Waals surface area contributed by atoms with Gasteiger partial charge in [-0.25, -0.2) is 0 Å². The van der Waals surface area contributed by atoms with Gasteiger partial charge in [0.2, 0.25) is 0 Å². The second kappa shape index (κ2) is 8.83. The second-order valence-corrected chi connectivity index (χ2v) is 9.36. The SMILES string of the molecule is O=C1N=C(N2CCN(c3cccc4ccccc34)CC2)S/C1=C/c1cn[nH]c1-c1ccccc1. The molecule has 1 N–H and O–H groups in total. The number of aromatic amines is 1. The van der Waals surface area contributed by atoms with Crippen LogP contribution in [0.15, 0.2) is 88.9 Å². The van der Waals surface area contributed by atoms with Gasteiger partial charge in [-0.1, -0.05) is 66.7 Å². The lowest BCUT2D eigenvalue weighted by Gasteiger charge is -2.37. The summed E-state index contributed by atoms with van der Waals surface area (Å²) < 4.78 is 0. The van der Waals surface area contributed by atoms with E-state index in [-0.39, 0.29) is 5.91 Å². The molecule has 6 nitrogen and oxygen atoms in total. The van der Waals surface area contributed by atoms with Crippen molar-refractivity contribution in [3.63, 3.8) is 0 Å². The molecule has 4 aromatic rings. The van der Waals surface area contributed by atoms with E-state index in [0.29, 0.717) is 4.91 Å². The standard InChI is InChI=1S/C27H23N5OS/c33-26-24(17-21-18-28-30-25(21)20-8-2-1-3-9-20)34-27(29-26)32-15-13-31(14-16-32)23-12-6-10-19-7-4-5-11-22(19)23/h1-12,17-18H,13-16H2,(H,28,30)/b24-17+. The van der Waals surface area contributed by atoms with Gasteiger partial charge in [-0.3, -0.25) is 9.89 Å². The Balaban J connectivity index is 1.16. The molecule has 1 amide bonds. The molecular weight excluding hydrogens is 442 g/mol. The molecular formula is C27H23N5OS. The van der Waals surface area contributed by atoms with Crippen molar-refractivity contribution in [2.75, 3.05) is 31.1 Å². The van der Waals surface area contributed by atoms with Crippen LogP contribution in [0.4, 0.5) is 5.69 Å². The highest BCUT2D eigenvalue weighted by Gasteiger charge is 2.29. The predicted octanol–water partition coefficient (Wildman–Crippen LogP) is 5.02. The first-order valence-electron chi connectivity index (χ1n) is 11.4. The molecule has 0 atom stereocenters. The number of piperazine rings is 1. The zero-order valence-electron chi connectivity index (χ0n) is 18.5. The highest BCUT2D eigenvalue weighted by molar-refractivity contribution is 8.18. The van der Waals surface area contributed by atoms with E-state index in [1.54, 1.807) is 6.20 Å². The molecule has 34 heavy (non-hydrogen) atoms. The van der Waals surface area contributed by atoms with Crippen molar-refractivity contribution in [3.05, 3.63) is 89.5 Å². The van der Waals surface area contributed by atoms with Gasteiger partial charge in [0.05, 0.1) is 16.8 Å². The van der Waals surface area contributed by atoms with Crippen LogP contribution in [0, 0.1) is 0 Å². The van der Waals surface area contributed by atoms with E-state index in [4.69, 9.17) is 0 Å². The molecule has 7 heteroatoms. The van der Waals surface area contributed by atoms with Crippen molar-refractivity contribution >= 4 is 45.4 Å². The minimum absolute atomic E-state index is 0.184. The lowest BCUT2D eigenvalue weighted by molar-refractivity contribution is -0.113. The number of carbonyl (C=O) groups excluding carboxylic acids is 1. The smallest absolute Gasteiger partial charge is 0.286 e. The van der Waals surface area contributed by atoms with E-state index in [2.05, 4.69) is 67.5 Å². The Morgan fingerprint density at radius 2 is 1.59 bits per heavy atom. The number of nitrogens with one attached hydrogen (secondary N) is 1. The van der Waals surface area contributed by atoms with Crippen molar-refractivity contribution in [2.45, 2.75) is 0 Å². The number of amides is 1.